The molecule has 1 aliphatic rings. The summed E-state index contributed by atoms with van der Waals surface area (Å²) in [6.07, 6.45) is 8.07. The van der Waals surface area contributed by atoms with Gasteiger partial charge in [-0.25, -0.2) is 8.42 Å². The van der Waals surface area contributed by atoms with Crippen LogP contribution in [-0.2, 0) is 14.4 Å². The third kappa shape index (κ3) is 7.26. The summed E-state index contributed by atoms with van der Waals surface area (Å²) in [6.45, 7) is 6.90. The normalized spacial score (nSPS) is 17.7. The summed E-state index contributed by atoms with van der Waals surface area (Å²) in [7, 11) is -6.12. The molecule has 0 aliphatic heterocycles. The number of hydrogen-bond acceptors (Lipinski definition) is 5. The maximum atomic E-state index is 13.0. The lowest BCUT2D eigenvalue weighted by Crippen LogP contribution is -2.67. The van der Waals surface area contributed by atoms with Crippen molar-refractivity contribution in [3.05, 3.63) is 102 Å². The molecule has 0 unspecified atom stereocenters. The van der Waals surface area contributed by atoms with E-state index in [2.05, 4.69) is 96.6 Å². The molecule has 0 spiro atoms. The Bertz CT molecular complexity index is 1660. The van der Waals surface area contributed by atoms with Crippen LogP contribution >= 0.6 is 11.6 Å². The van der Waals surface area contributed by atoms with Gasteiger partial charge >= 0.3 is 0 Å². The number of anilines is 2. The first-order valence-electron chi connectivity index (χ1n) is 14.8. The van der Waals surface area contributed by atoms with Crippen molar-refractivity contribution in [1.82, 2.24) is 9.78 Å². The maximum absolute atomic E-state index is 13.0. The number of sulfonamides is 1. The van der Waals surface area contributed by atoms with Crippen molar-refractivity contribution in [1.29, 1.82) is 0 Å². The zero-order valence-corrected chi connectivity index (χ0v) is 28.0. The van der Waals surface area contributed by atoms with Gasteiger partial charge in [-0.05, 0) is 59.3 Å². The van der Waals surface area contributed by atoms with Gasteiger partial charge in [-0.15, -0.1) is 0 Å². The summed E-state index contributed by atoms with van der Waals surface area (Å²) < 4.78 is 34.9. The number of halogens is 1. The lowest BCUT2D eigenvalue weighted by Gasteiger charge is -2.46. The topological polar surface area (TPSA) is 102 Å². The van der Waals surface area contributed by atoms with Crippen molar-refractivity contribution in [3.63, 3.8) is 0 Å². The van der Waals surface area contributed by atoms with Gasteiger partial charge in [0.25, 0.3) is 14.2 Å². The van der Waals surface area contributed by atoms with E-state index in [1.807, 2.05) is 4.68 Å². The number of nitrogens with one attached hydrogen (secondary N) is 2. The molecule has 1 amide bonds. The van der Waals surface area contributed by atoms with Crippen molar-refractivity contribution in [3.8, 4) is 0 Å². The van der Waals surface area contributed by atoms with E-state index in [0.717, 1.165) is 31.9 Å². The molecule has 0 radical (unpaired) electrons. The molecular weight excluding hydrogens is 612 g/mol. The summed E-state index contributed by atoms with van der Waals surface area (Å²) in [5.41, 5.74) is 1.05. The molecule has 4 aromatic rings. The van der Waals surface area contributed by atoms with Crippen molar-refractivity contribution in [2.24, 2.45) is 0 Å². The highest BCUT2D eigenvalue weighted by Gasteiger charge is 2.51. The largest absolute Gasteiger partial charge is 0.404 e. The van der Waals surface area contributed by atoms with Gasteiger partial charge in [0.2, 0.25) is 10.0 Å². The molecule has 5 rings (SSSR count). The minimum Gasteiger partial charge on any atom is -0.404 e. The van der Waals surface area contributed by atoms with Gasteiger partial charge in [0.15, 0.2) is 0 Å². The van der Waals surface area contributed by atoms with Crippen LogP contribution in [-0.4, -0.2) is 44.8 Å². The van der Waals surface area contributed by atoms with Crippen LogP contribution in [0.5, 0.6) is 0 Å². The van der Waals surface area contributed by atoms with Gasteiger partial charge in [0.05, 0.1) is 29.7 Å². The van der Waals surface area contributed by atoms with Crippen LogP contribution in [0, 0.1) is 0 Å². The molecule has 8 nitrogen and oxygen atoms in total. The molecule has 44 heavy (non-hydrogen) atoms. The molecular formula is C33H39ClN4O4SSi. The summed E-state index contributed by atoms with van der Waals surface area (Å²) in [5, 5.41) is 10.1. The predicted molar refractivity (Wildman–Crippen MR) is 180 cm³/mol. The summed E-state index contributed by atoms with van der Waals surface area (Å²) >= 11 is 6.15. The van der Waals surface area contributed by atoms with Crippen molar-refractivity contribution in [2.75, 3.05) is 16.3 Å². The van der Waals surface area contributed by atoms with E-state index in [1.165, 1.54) is 22.5 Å². The molecule has 232 valence electrons. The van der Waals surface area contributed by atoms with E-state index in [1.54, 1.807) is 18.5 Å². The third-order valence-electron chi connectivity index (χ3n) is 8.10. The molecule has 2 N–H and O–H groups in total. The van der Waals surface area contributed by atoms with E-state index in [-0.39, 0.29) is 28.8 Å². The predicted octanol–water partition coefficient (Wildman–Crippen LogP) is 6.22. The molecule has 0 saturated heterocycles. The minimum absolute atomic E-state index is 0.0819. The van der Waals surface area contributed by atoms with E-state index in [0.29, 0.717) is 16.3 Å². The zero-order chi connectivity index (χ0) is 31.5. The fourth-order valence-corrected chi connectivity index (χ4v) is 11.7. The van der Waals surface area contributed by atoms with Crippen LogP contribution in [0.1, 0.15) is 62.9 Å². The lowest BCUT2D eigenvalue weighted by atomic mass is 9.93. The SMILES string of the molecule is CC(C)(C)[Si](OC1CCC(n2cc(C(=O)Nc3cc(Cl)cc(NS(C)(=O)=O)c3)cn2)CC1)(c1ccccc1)c1ccccc1. The highest BCUT2D eigenvalue weighted by atomic mass is 35.5. The van der Waals surface area contributed by atoms with Gasteiger partial charge in [-0.1, -0.05) is 93.0 Å². The first-order chi connectivity index (χ1) is 20.8. The van der Waals surface area contributed by atoms with Crippen LogP contribution in [0.3, 0.4) is 0 Å². The Kier molecular flexibility index (Phi) is 9.36. The van der Waals surface area contributed by atoms with Crippen LogP contribution < -0.4 is 20.4 Å². The molecule has 0 atom stereocenters. The number of aromatic nitrogens is 2. The number of amides is 1. The van der Waals surface area contributed by atoms with Gasteiger partial charge in [-0.2, -0.15) is 5.10 Å². The Morgan fingerprint density at radius 1 is 0.932 bits per heavy atom. The van der Waals surface area contributed by atoms with Crippen LogP contribution in [0.15, 0.2) is 91.3 Å². The van der Waals surface area contributed by atoms with Crippen molar-refractivity contribution < 1.29 is 17.6 Å². The van der Waals surface area contributed by atoms with Crippen LogP contribution in [0.4, 0.5) is 11.4 Å². The second kappa shape index (κ2) is 12.9. The Labute approximate surface area is 266 Å². The van der Waals surface area contributed by atoms with Gasteiger partial charge in [0.1, 0.15) is 0 Å². The average Bonchev–Trinajstić information content (AvgIpc) is 3.46. The number of hydrogen-bond donors (Lipinski definition) is 2. The smallest absolute Gasteiger partial charge is 0.261 e. The van der Waals surface area contributed by atoms with Gasteiger partial charge < -0.3 is 9.74 Å². The van der Waals surface area contributed by atoms with E-state index >= 15 is 0 Å². The number of carbonyl (C=O) groups is 1. The molecule has 3 aromatic carbocycles. The monoisotopic (exact) mass is 650 g/mol. The second-order valence-electron chi connectivity index (χ2n) is 12.5. The summed E-state index contributed by atoms with van der Waals surface area (Å²) in [5.74, 6) is -0.354. The highest BCUT2D eigenvalue weighted by molar-refractivity contribution is 7.92. The van der Waals surface area contributed by atoms with Crippen LogP contribution in [0.2, 0.25) is 10.1 Å². The standard InChI is InChI=1S/C33H39ClN4O4SSi/c1-33(2,3)44(30-11-7-5-8-12-30,31-13-9-6-10-14-31)42-29-17-15-28(16-18-29)38-23-24(22-35-38)32(39)36-26-19-25(34)20-27(21-26)37-43(4,40)41/h5-14,19-23,28-29,37H,15-18H2,1-4H3,(H,36,39). The Morgan fingerprint density at radius 2 is 1.50 bits per heavy atom. The quantitative estimate of drug-likeness (QED) is 0.210. The molecule has 1 aliphatic carbocycles. The molecule has 1 aromatic heterocycles. The Balaban J connectivity index is 1.28. The molecule has 1 saturated carbocycles. The average molecular weight is 651 g/mol. The van der Waals surface area contributed by atoms with Gasteiger partial charge in [-0.3, -0.25) is 14.2 Å². The first-order valence-corrected chi connectivity index (χ1v) is 18.9. The summed E-state index contributed by atoms with van der Waals surface area (Å²) in [4.78, 5) is 13.0. The van der Waals surface area contributed by atoms with E-state index in [4.69, 9.17) is 16.0 Å². The fraction of sp³-hybridized carbons (Fsp3) is 0.333. The van der Waals surface area contributed by atoms with E-state index in [9.17, 15) is 13.2 Å². The zero-order valence-electron chi connectivity index (χ0n) is 25.5. The van der Waals surface area contributed by atoms with Crippen molar-refractivity contribution in [2.45, 2.75) is 63.6 Å². The second-order valence-corrected chi connectivity index (χ2v) is 18.9. The Hall–Kier alpha value is -3.44. The summed E-state index contributed by atoms with van der Waals surface area (Å²) in [6, 6.07) is 26.1. The third-order valence-corrected chi connectivity index (χ3v) is 14.0. The van der Waals surface area contributed by atoms with Gasteiger partial charge in [0, 0.05) is 23.0 Å². The highest BCUT2D eigenvalue weighted by Crippen LogP contribution is 2.40. The number of nitrogens with zero attached hydrogens (tertiary/aromatic N) is 2. The van der Waals surface area contributed by atoms with E-state index < -0.39 is 18.3 Å². The molecule has 1 heterocycles. The lowest BCUT2D eigenvalue weighted by molar-refractivity contribution is 0.102. The Morgan fingerprint density at radius 3 is 2.05 bits per heavy atom. The molecule has 1 fully saturated rings. The first kappa shape index (κ1) is 32.0. The van der Waals surface area contributed by atoms with Crippen LogP contribution in [0.25, 0.3) is 0 Å². The number of rotatable bonds is 9. The molecule has 0 bridgehead atoms. The fourth-order valence-electron chi connectivity index (χ4n) is 6.16. The number of carbonyl (C=O) groups excluding carboxylic acids is 1. The number of benzene rings is 3. The maximum Gasteiger partial charge on any atom is 0.261 e. The minimum atomic E-state index is -3.49. The molecule has 11 heteroatoms. The van der Waals surface area contributed by atoms with Crippen molar-refractivity contribution >= 4 is 57.6 Å².